The van der Waals surface area contributed by atoms with Crippen molar-refractivity contribution in [1.82, 2.24) is 0 Å². The van der Waals surface area contributed by atoms with Gasteiger partial charge in [-0.05, 0) is 36.0 Å². The van der Waals surface area contributed by atoms with Crippen LogP contribution in [0.2, 0.25) is 0 Å². The molecule has 0 fully saturated rings. The van der Waals surface area contributed by atoms with Crippen LogP contribution in [0.4, 0.5) is 5.69 Å². The average Bonchev–Trinajstić information content (AvgIpc) is 2.53. The highest BCUT2D eigenvalue weighted by molar-refractivity contribution is 5.55. The van der Waals surface area contributed by atoms with E-state index in [0.717, 1.165) is 31.5 Å². The lowest BCUT2D eigenvalue weighted by atomic mass is 9.93. The summed E-state index contributed by atoms with van der Waals surface area (Å²) in [5.74, 6) is 0.675. The number of benzene rings is 2. The molecule has 1 heterocycles. The van der Waals surface area contributed by atoms with Crippen LogP contribution in [0.25, 0.3) is 0 Å². The van der Waals surface area contributed by atoms with E-state index >= 15 is 0 Å². The summed E-state index contributed by atoms with van der Waals surface area (Å²) in [6.07, 6.45) is 1.55. The first-order valence-corrected chi connectivity index (χ1v) is 7.80. The molecule has 0 saturated carbocycles. The van der Waals surface area contributed by atoms with Crippen LogP contribution in [0.1, 0.15) is 30.6 Å². The summed E-state index contributed by atoms with van der Waals surface area (Å²) in [7, 11) is 0. The van der Waals surface area contributed by atoms with E-state index in [4.69, 9.17) is 0 Å². The van der Waals surface area contributed by atoms with Crippen molar-refractivity contribution in [3.63, 3.8) is 0 Å². The second-order valence-corrected chi connectivity index (χ2v) is 6.10. The van der Waals surface area contributed by atoms with E-state index in [9.17, 15) is 5.11 Å². The zero-order valence-corrected chi connectivity index (χ0v) is 12.6. The molecule has 2 aromatic carbocycles. The minimum Gasteiger partial charge on any atom is -0.388 e. The molecule has 0 spiro atoms. The third-order valence-corrected chi connectivity index (χ3v) is 4.29. The van der Waals surface area contributed by atoms with Gasteiger partial charge in [0.15, 0.2) is 0 Å². The van der Waals surface area contributed by atoms with Gasteiger partial charge in [0.05, 0.1) is 6.10 Å². The third kappa shape index (κ3) is 3.27. The van der Waals surface area contributed by atoms with Crippen LogP contribution >= 0.6 is 0 Å². The minimum atomic E-state index is -0.379. The number of aliphatic hydroxyl groups is 1. The van der Waals surface area contributed by atoms with E-state index in [1.54, 1.807) is 0 Å². The van der Waals surface area contributed by atoms with Crippen LogP contribution in [0, 0.1) is 5.92 Å². The Labute approximate surface area is 127 Å². The van der Waals surface area contributed by atoms with Gasteiger partial charge in [-0.25, -0.2) is 0 Å². The largest absolute Gasteiger partial charge is 0.388 e. The molecule has 110 valence electrons. The van der Waals surface area contributed by atoms with E-state index in [1.165, 1.54) is 11.3 Å². The summed E-state index contributed by atoms with van der Waals surface area (Å²) >= 11 is 0. The van der Waals surface area contributed by atoms with Gasteiger partial charge in [0.1, 0.15) is 0 Å². The Bertz CT molecular complexity index is 581. The molecule has 0 aliphatic carbocycles. The fourth-order valence-corrected chi connectivity index (χ4v) is 3.24. The molecular weight excluding hydrogens is 258 g/mol. The molecule has 3 rings (SSSR count). The second-order valence-electron chi connectivity index (χ2n) is 6.10. The number of rotatable bonds is 4. The smallest absolute Gasteiger partial charge is 0.0806 e. The summed E-state index contributed by atoms with van der Waals surface area (Å²) < 4.78 is 0. The van der Waals surface area contributed by atoms with Crippen molar-refractivity contribution in [2.75, 3.05) is 18.0 Å². The van der Waals surface area contributed by atoms with Gasteiger partial charge >= 0.3 is 0 Å². The minimum absolute atomic E-state index is 0.379. The first kappa shape index (κ1) is 14.2. The SMILES string of the molecule is CC1Cc2ccccc2N(CCC(O)c2ccccc2)C1. The van der Waals surface area contributed by atoms with Crippen LogP contribution in [0.15, 0.2) is 54.6 Å². The van der Waals surface area contributed by atoms with Crippen molar-refractivity contribution in [1.29, 1.82) is 0 Å². The normalized spacial score (nSPS) is 19.1. The van der Waals surface area contributed by atoms with Crippen LogP contribution in [0.5, 0.6) is 0 Å². The summed E-state index contributed by atoms with van der Waals surface area (Å²) in [4.78, 5) is 2.43. The van der Waals surface area contributed by atoms with Gasteiger partial charge in [0, 0.05) is 18.8 Å². The fraction of sp³-hybridized carbons (Fsp3) is 0.368. The van der Waals surface area contributed by atoms with E-state index < -0.39 is 0 Å². The van der Waals surface area contributed by atoms with Crippen LogP contribution in [-0.4, -0.2) is 18.2 Å². The quantitative estimate of drug-likeness (QED) is 0.921. The van der Waals surface area contributed by atoms with E-state index in [2.05, 4.69) is 36.1 Å². The number of anilines is 1. The first-order valence-electron chi connectivity index (χ1n) is 7.80. The van der Waals surface area contributed by atoms with Crippen molar-refractivity contribution >= 4 is 5.69 Å². The Morgan fingerprint density at radius 2 is 1.81 bits per heavy atom. The molecule has 2 atom stereocenters. The van der Waals surface area contributed by atoms with Crippen LogP contribution in [-0.2, 0) is 6.42 Å². The molecule has 0 bridgehead atoms. The Morgan fingerprint density at radius 1 is 1.10 bits per heavy atom. The molecule has 2 nitrogen and oxygen atoms in total. The molecule has 2 unspecified atom stereocenters. The summed E-state index contributed by atoms with van der Waals surface area (Å²) in [5.41, 5.74) is 3.79. The third-order valence-electron chi connectivity index (χ3n) is 4.29. The lowest BCUT2D eigenvalue weighted by Gasteiger charge is -2.35. The number of hydrogen-bond acceptors (Lipinski definition) is 2. The van der Waals surface area contributed by atoms with Crippen molar-refractivity contribution < 1.29 is 5.11 Å². The maximum absolute atomic E-state index is 10.3. The molecular formula is C19H23NO. The van der Waals surface area contributed by atoms with E-state index in [-0.39, 0.29) is 6.10 Å². The van der Waals surface area contributed by atoms with Gasteiger partial charge in [-0.1, -0.05) is 55.5 Å². The van der Waals surface area contributed by atoms with Gasteiger partial charge in [0.25, 0.3) is 0 Å². The Morgan fingerprint density at radius 3 is 2.62 bits per heavy atom. The standard InChI is InChI=1S/C19H23NO/c1-15-13-17-9-5-6-10-18(17)20(14-15)12-11-19(21)16-7-3-2-4-8-16/h2-10,15,19,21H,11-14H2,1H3. The Balaban J connectivity index is 1.68. The number of hydrogen-bond donors (Lipinski definition) is 1. The summed E-state index contributed by atoms with van der Waals surface area (Å²) in [6.45, 7) is 4.28. The second kappa shape index (κ2) is 6.31. The van der Waals surface area contributed by atoms with E-state index in [1.807, 2.05) is 30.3 Å². The maximum atomic E-state index is 10.3. The molecule has 1 N–H and O–H groups in total. The predicted octanol–water partition coefficient (Wildman–Crippen LogP) is 3.81. The Kier molecular flexibility index (Phi) is 4.26. The highest BCUT2D eigenvalue weighted by Crippen LogP contribution is 2.30. The van der Waals surface area contributed by atoms with Crippen LogP contribution in [0.3, 0.4) is 0 Å². The lowest BCUT2D eigenvalue weighted by Crippen LogP contribution is -2.35. The molecule has 2 heteroatoms. The molecule has 0 saturated heterocycles. The zero-order valence-electron chi connectivity index (χ0n) is 12.6. The fourth-order valence-electron chi connectivity index (χ4n) is 3.24. The van der Waals surface area contributed by atoms with Gasteiger partial charge in [-0.3, -0.25) is 0 Å². The molecule has 0 radical (unpaired) electrons. The van der Waals surface area contributed by atoms with Gasteiger partial charge in [-0.2, -0.15) is 0 Å². The van der Waals surface area contributed by atoms with Crippen molar-refractivity contribution in [3.05, 3.63) is 65.7 Å². The average molecular weight is 281 g/mol. The lowest BCUT2D eigenvalue weighted by molar-refractivity contribution is 0.169. The van der Waals surface area contributed by atoms with Gasteiger partial charge < -0.3 is 10.0 Å². The molecule has 1 aliphatic rings. The molecule has 0 aromatic heterocycles. The van der Waals surface area contributed by atoms with Gasteiger partial charge in [0.2, 0.25) is 0 Å². The van der Waals surface area contributed by atoms with Crippen LogP contribution < -0.4 is 4.90 Å². The number of aliphatic hydroxyl groups excluding tert-OH is 1. The van der Waals surface area contributed by atoms with E-state index in [0.29, 0.717) is 5.92 Å². The molecule has 0 amide bonds. The maximum Gasteiger partial charge on any atom is 0.0806 e. The first-order chi connectivity index (χ1) is 10.2. The van der Waals surface area contributed by atoms with Crippen molar-refractivity contribution in [3.8, 4) is 0 Å². The summed E-state index contributed by atoms with van der Waals surface area (Å²) in [6, 6.07) is 18.6. The number of para-hydroxylation sites is 1. The number of nitrogens with zero attached hydrogens (tertiary/aromatic N) is 1. The topological polar surface area (TPSA) is 23.5 Å². The monoisotopic (exact) mass is 281 g/mol. The van der Waals surface area contributed by atoms with Gasteiger partial charge in [-0.15, -0.1) is 0 Å². The molecule has 2 aromatic rings. The number of fused-ring (bicyclic) bond motifs is 1. The van der Waals surface area contributed by atoms with Crippen molar-refractivity contribution in [2.24, 2.45) is 5.92 Å². The molecule has 1 aliphatic heterocycles. The highest BCUT2D eigenvalue weighted by atomic mass is 16.3. The Hall–Kier alpha value is -1.80. The van der Waals surface area contributed by atoms with Crippen molar-refractivity contribution in [2.45, 2.75) is 25.9 Å². The predicted molar refractivity (Wildman–Crippen MR) is 87.5 cm³/mol. The molecule has 21 heavy (non-hydrogen) atoms. The zero-order chi connectivity index (χ0) is 14.7. The highest BCUT2D eigenvalue weighted by Gasteiger charge is 2.21. The summed E-state index contributed by atoms with van der Waals surface area (Å²) in [5, 5.41) is 10.3.